The molecule has 0 spiro atoms. The minimum absolute atomic E-state index is 0.111. The highest BCUT2D eigenvalue weighted by molar-refractivity contribution is 6.15. The number of methoxy groups -OCH3 is 1. The van der Waals surface area contributed by atoms with Crippen LogP contribution < -0.4 is 0 Å². The van der Waals surface area contributed by atoms with Crippen LogP contribution >= 0.6 is 0 Å². The van der Waals surface area contributed by atoms with Crippen molar-refractivity contribution in [3.8, 4) is 0 Å². The van der Waals surface area contributed by atoms with Gasteiger partial charge in [-0.1, -0.05) is 30.8 Å². The van der Waals surface area contributed by atoms with Crippen LogP contribution in [0.4, 0.5) is 0 Å². The van der Waals surface area contributed by atoms with E-state index in [2.05, 4.69) is 11.3 Å². The van der Waals surface area contributed by atoms with Crippen molar-refractivity contribution in [2.75, 3.05) is 7.11 Å². The third kappa shape index (κ3) is 3.05. The molecule has 16 heavy (non-hydrogen) atoms. The van der Waals surface area contributed by atoms with Crippen molar-refractivity contribution >= 4 is 17.3 Å². The van der Waals surface area contributed by atoms with Crippen molar-refractivity contribution in [1.29, 1.82) is 0 Å². The van der Waals surface area contributed by atoms with Crippen LogP contribution in [0.25, 0.3) is 5.57 Å². The first-order valence-corrected chi connectivity index (χ1v) is 4.90. The molecule has 1 aromatic carbocycles. The number of benzene rings is 1. The van der Waals surface area contributed by atoms with Gasteiger partial charge in [-0.3, -0.25) is 4.79 Å². The van der Waals surface area contributed by atoms with Crippen molar-refractivity contribution in [3.63, 3.8) is 0 Å². The summed E-state index contributed by atoms with van der Waals surface area (Å²) in [6.07, 6.45) is 0.408. The lowest BCUT2D eigenvalue weighted by atomic mass is 10.0. The molecular formula is C13H14O3. The van der Waals surface area contributed by atoms with Crippen LogP contribution in [0.5, 0.6) is 0 Å². The van der Waals surface area contributed by atoms with Crippen LogP contribution in [0, 0.1) is 0 Å². The van der Waals surface area contributed by atoms with Gasteiger partial charge in [0, 0.05) is 6.42 Å². The SMILES string of the molecule is C=C(C(=O)OC)c1ccc(CC(C)=O)cc1. The van der Waals surface area contributed by atoms with Gasteiger partial charge in [-0.05, 0) is 18.1 Å². The summed E-state index contributed by atoms with van der Waals surface area (Å²) < 4.78 is 4.57. The fourth-order valence-electron chi connectivity index (χ4n) is 1.35. The van der Waals surface area contributed by atoms with Crippen LogP contribution in [0.2, 0.25) is 0 Å². The maximum absolute atomic E-state index is 11.2. The van der Waals surface area contributed by atoms with Gasteiger partial charge in [0.15, 0.2) is 0 Å². The second-order valence-corrected chi connectivity index (χ2v) is 3.55. The zero-order valence-electron chi connectivity index (χ0n) is 9.45. The molecule has 0 atom stereocenters. The molecule has 3 heteroatoms. The monoisotopic (exact) mass is 218 g/mol. The van der Waals surface area contributed by atoms with E-state index in [0.29, 0.717) is 17.6 Å². The molecule has 0 aromatic heterocycles. The molecule has 0 saturated heterocycles. The van der Waals surface area contributed by atoms with E-state index in [1.807, 2.05) is 12.1 Å². The Bertz CT molecular complexity index is 415. The predicted molar refractivity (Wildman–Crippen MR) is 61.9 cm³/mol. The fourth-order valence-corrected chi connectivity index (χ4v) is 1.35. The third-order valence-electron chi connectivity index (χ3n) is 2.19. The van der Waals surface area contributed by atoms with Crippen molar-refractivity contribution in [3.05, 3.63) is 42.0 Å². The van der Waals surface area contributed by atoms with Gasteiger partial charge in [-0.2, -0.15) is 0 Å². The van der Waals surface area contributed by atoms with E-state index >= 15 is 0 Å². The molecule has 1 aromatic rings. The van der Waals surface area contributed by atoms with E-state index in [4.69, 9.17) is 0 Å². The Balaban J connectivity index is 2.82. The van der Waals surface area contributed by atoms with Crippen molar-refractivity contribution < 1.29 is 14.3 Å². The highest BCUT2D eigenvalue weighted by Crippen LogP contribution is 2.15. The van der Waals surface area contributed by atoms with E-state index in [1.165, 1.54) is 7.11 Å². The molecule has 1 rings (SSSR count). The lowest BCUT2D eigenvalue weighted by Crippen LogP contribution is -2.03. The maximum atomic E-state index is 11.2. The van der Waals surface area contributed by atoms with Gasteiger partial charge >= 0.3 is 5.97 Å². The second kappa shape index (κ2) is 5.26. The molecular weight excluding hydrogens is 204 g/mol. The van der Waals surface area contributed by atoms with Crippen LogP contribution in [-0.2, 0) is 20.7 Å². The standard InChI is InChI=1S/C13H14O3/c1-9(14)8-11-4-6-12(7-5-11)10(2)13(15)16-3/h4-7H,2,8H2,1,3H3. The summed E-state index contributed by atoms with van der Waals surface area (Å²) in [6, 6.07) is 7.14. The average molecular weight is 218 g/mol. The van der Waals surface area contributed by atoms with Crippen molar-refractivity contribution in [2.45, 2.75) is 13.3 Å². The first kappa shape index (κ1) is 12.2. The zero-order chi connectivity index (χ0) is 12.1. The van der Waals surface area contributed by atoms with E-state index in [9.17, 15) is 9.59 Å². The molecule has 84 valence electrons. The Hall–Kier alpha value is -1.90. The first-order chi connectivity index (χ1) is 7.54. The zero-order valence-corrected chi connectivity index (χ0v) is 9.45. The lowest BCUT2D eigenvalue weighted by molar-refractivity contribution is -0.133. The summed E-state index contributed by atoms with van der Waals surface area (Å²) >= 11 is 0. The van der Waals surface area contributed by atoms with E-state index in [1.54, 1.807) is 19.1 Å². The van der Waals surface area contributed by atoms with Crippen molar-refractivity contribution in [2.24, 2.45) is 0 Å². The summed E-state index contributed by atoms with van der Waals surface area (Å²) in [6.45, 7) is 5.19. The first-order valence-electron chi connectivity index (χ1n) is 4.90. The van der Waals surface area contributed by atoms with E-state index in [0.717, 1.165) is 5.56 Å². The second-order valence-electron chi connectivity index (χ2n) is 3.55. The van der Waals surface area contributed by atoms with Gasteiger partial charge in [0.05, 0.1) is 12.7 Å². The fraction of sp³-hybridized carbons (Fsp3) is 0.231. The van der Waals surface area contributed by atoms with Crippen LogP contribution in [0.1, 0.15) is 18.1 Å². The topological polar surface area (TPSA) is 43.4 Å². The van der Waals surface area contributed by atoms with Gasteiger partial charge in [0.1, 0.15) is 5.78 Å². The van der Waals surface area contributed by atoms with Crippen LogP contribution in [-0.4, -0.2) is 18.9 Å². The van der Waals surface area contributed by atoms with E-state index in [-0.39, 0.29) is 5.78 Å². The number of ether oxygens (including phenoxy) is 1. The van der Waals surface area contributed by atoms with Gasteiger partial charge in [0.2, 0.25) is 0 Å². The molecule has 0 saturated carbocycles. The molecule has 0 bridgehead atoms. The molecule has 3 nitrogen and oxygen atoms in total. The Labute approximate surface area is 94.7 Å². The van der Waals surface area contributed by atoms with Gasteiger partial charge in [-0.25, -0.2) is 4.79 Å². The third-order valence-corrected chi connectivity index (χ3v) is 2.19. The Kier molecular flexibility index (Phi) is 4.00. The highest BCUT2D eigenvalue weighted by atomic mass is 16.5. The number of hydrogen-bond donors (Lipinski definition) is 0. The quantitative estimate of drug-likeness (QED) is 0.573. The Morgan fingerprint density at radius 3 is 2.25 bits per heavy atom. The minimum atomic E-state index is -0.445. The molecule has 0 fully saturated rings. The summed E-state index contributed by atoms with van der Waals surface area (Å²) in [7, 11) is 1.32. The van der Waals surface area contributed by atoms with Crippen LogP contribution in [0.3, 0.4) is 0 Å². The number of carbonyl (C=O) groups is 2. The van der Waals surface area contributed by atoms with Gasteiger partial charge in [0.25, 0.3) is 0 Å². The van der Waals surface area contributed by atoms with Gasteiger partial charge in [-0.15, -0.1) is 0 Å². The number of ketones is 1. The molecule has 0 aliphatic heterocycles. The molecule has 0 aliphatic rings. The summed E-state index contributed by atoms with van der Waals surface area (Å²) in [5.41, 5.74) is 1.95. The van der Waals surface area contributed by atoms with Crippen molar-refractivity contribution in [1.82, 2.24) is 0 Å². The predicted octanol–water partition coefficient (Wildman–Crippen LogP) is 2.00. The highest BCUT2D eigenvalue weighted by Gasteiger charge is 2.09. The summed E-state index contributed by atoms with van der Waals surface area (Å²) in [4.78, 5) is 22.1. The number of hydrogen-bond acceptors (Lipinski definition) is 3. The molecule has 0 N–H and O–H groups in total. The minimum Gasteiger partial charge on any atom is -0.465 e. The van der Waals surface area contributed by atoms with Crippen LogP contribution in [0.15, 0.2) is 30.8 Å². The molecule has 0 amide bonds. The maximum Gasteiger partial charge on any atom is 0.337 e. The average Bonchev–Trinajstić information content (AvgIpc) is 2.27. The Morgan fingerprint density at radius 1 is 1.25 bits per heavy atom. The summed E-state index contributed by atoms with van der Waals surface area (Å²) in [5.74, 6) is -0.334. The van der Waals surface area contributed by atoms with Gasteiger partial charge < -0.3 is 4.74 Å². The molecule has 0 radical (unpaired) electrons. The molecule has 0 aliphatic carbocycles. The molecule has 0 heterocycles. The summed E-state index contributed by atoms with van der Waals surface area (Å²) in [5, 5.41) is 0. The lowest BCUT2D eigenvalue weighted by Gasteiger charge is -2.04. The Morgan fingerprint density at radius 2 is 1.81 bits per heavy atom. The largest absolute Gasteiger partial charge is 0.465 e. The number of Topliss-reactive ketones (excluding diaryl/α,β-unsaturated/α-hetero) is 1. The van der Waals surface area contributed by atoms with E-state index < -0.39 is 5.97 Å². The smallest absolute Gasteiger partial charge is 0.337 e. The number of esters is 1. The number of carbonyl (C=O) groups excluding carboxylic acids is 2. The normalized spacial score (nSPS) is 9.62. The molecule has 0 unspecified atom stereocenters. The number of rotatable bonds is 4.